The van der Waals surface area contributed by atoms with Crippen molar-refractivity contribution in [2.24, 2.45) is 4.99 Å². The molecule has 5 rings (SSSR count). The molecule has 0 amide bonds. The van der Waals surface area contributed by atoms with Crippen molar-refractivity contribution in [3.05, 3.63) is 119 Å². The van der Waals surface area contributed by atoms with E-state index < -0.39 is 0 Å². The molecule has 0 N–H and O–H groups in total. The summed E-state index contributed by atoms with van der Waals surface area (Å²) in [5, 5.41) is 3.91. The quantitative estimate of drug-likeness (QED) is 0.168. The first-order valence-corrected chi connectivity index (χ1v) is 10.9. The number of benzene rings is 5. The molecule has 3 heteroatoms. The van der Waals surface area contributed by atoms with Gasteiger partial charge in [0.1, 0.15) is 5.75 Å². The Morgan fingerprint density at radius 2 is 1.42 bits per heavy atom. The highest BCUT2D eigenvalue weighted by molar-refractivity contribution is 6.07. The van der Waals surface area contributed by atoms with E-state index >= 15 is 0 Å². The largest absolute Gasteiger partial charge is 0.422 e. The van der Waals surface area contributed by atoms with E-state index in [0.717, 1.165) is 32.8 Å². The van der Waals surface area contributed by atoms with Crippen LogP contribution in [0.15, 0.2) is 102 Å². The number of rotatable bonds is 4. The Labute approximate surface area is 193 Å². The summed E-state index contributed by atoms with van der Waals surface area (Å²) in [7, 11) is 0. The lowest BCUT2D eigenvalue weighted by Crippen LogP contribution is -2.10. The van der Waals surface area contributed by atoms with Crippen LogP contribution in [-0.2, 0) is 0 Å². The van der Waals surface area contributed by atoms with Gasteiger partial charge in [0.15, 0.2) is 0 Å². The van der Waals surface area contributed by atoms with Crippen molar-refractivity contribution in [2.75, 3.05) is 0 Å². The predicted octanol–water partition coefficient (Wildman–Crippen LogP) is 7.58. The van der Waals surface area contributed by atoms with Crippen molar-refractivity contribution in [1.82, 2.24) is 0 Å². The van der Waals surface area contributed by atoms with E-state index in [1.54, 1.807) is 12.3 Å². The normalized spacial score (nSPS) is 11.3. The molecule has 0 aromatic heterocycles. The van der Waals surface area contributed by atoms with Gasteiger partial charge in [0, 0.05) is 11.8 Å². The fourth-order valence-electron chi connectivity index (χ4n) is 4.00. The monoisotopic (exact) mass is 429 g/mol. The van der Waals surface area contributed by atoms with Crippen LogP contribution in [-0.4, -0.2) is 12.2 Å². The van der Waals surface area contributed by atoms with Gasteiger partial charge in [0.05, 0.1) is 11.3 Å². The van der Waals surface area contributed by atoms with Gasteiger partial charge in [-0.2, -0.15) is 0 Å². The highest BCUT2D eigenvalue weighted by Crippen LogP contribution is 2.29. The molecular formula is C30H23NO2. The van der Waals surface area contributed by atoms with E-state index in [9.17, 15) is 4.79 Å². The molecule has 33 heavy (non-hydrogen) atoms. The van der Waals surface area contributed by atoms with Crippen LogP contribution in [0, 0.1) is 13.8 Å². The van der Waals surface area contributed by atoms with Crippen LogP contribution in [0.4, 0.5) is 5.69 Å². The zero-order valence-electron chi connectivity index (χ0n) is 18.6. The highest BCUT2D eigenvalue weighted by Gasteiger charge is 2.15. The lowest BCUT2D eigenvalue weighted by atomic mass is 10.0. The van der Waals surface area contributed by atoms with Gasteiger partial charge in [-0.3, -0.25) is 4.99 Å². The van der Waals surface area contributed by atoms with Crippen LogP contribution >= 0.6 is 0 Å². The number of nitrogens with zero attached hydrogens (tertiary/aromatic N) is 1. The minimum absolute atomic E-state index is 0.386. The van der Waals surface area contributed by atoms with Crippen molar-refractivity contribution in [3.63, 3.8) is 0 Å². The summed E-state index contributed by atoms with van der Waals surface area (Å²) in [4.78, 5) is 17.9. The summed E-state index contributed by atoms with van der Waals surface area (Å²) in [6.07, 6.45) is 1.79. The summed E-state index contributed by atoms with van der Waals surface area (Å²) in [5.74, 6) is 0.0992. The molecule has 0 heterocycles. The molecule has 3 nitrogen and oxygen atoms in total. The van der Waals surface area contributed by atoms with Crippen LogP contribution in [0.2, 0.25) is 0 Å². The summed E-state index contributed by atoms with van der Waals surface area (Å²) in [5.41, 5.74) is 4.59. The number of carbonyl (C=O) groups excluding carboxylic acids is 1. The Hall–Kier alpha value is -4.24. The van der Waals surface area contributed by atoms with Gasteiger partial charge in [-0.15, -0.1) is 0 Å². The zero-order chi connectivity index (χ0) is 22.8. The molecule has 0 saturated carbocycles. The SMILES string of the molecule is Cc1ccc(N=Cc2c(OC(=O)c3cccc4ccccc34)ccc3ccccc23)cc1C. The van der Waals surface area contributed by atoms with Crippen LogP contribution in [0.1, 0.15) is 27.0 Å². The molecule has 0 fully saturated rings. The Morgan fingerprint density at radius 1 is 0.727 bits per heavy atom. The minimum Gasteiger partial charge on any atom is -0.422 e. The fourth-order valence-corrected chi connectivity index (χ4v) is 4.00. The first-order chi connectivity index (χ1) is 16.1. The van der Waals surface area contributed by atoms with E-state index in [-0.39, 0.29) is 5.97 Å². The number of aryl methyl sites for hydroxylation is 2. The minimum atomic E-state index is -0.386. The van der Waals surface area contributed by atoms with E-state index in [1.165, 1.54) is 11.1 Å². The second-order valence-electron chi connectivity index (χ2n) is 8.14. The maximum atomic E-state index is 13.2. The molecule has 0 spiro atoms. The standard InChI is InChI=1S/C30H23NO2/c1-20-14-16-24(18-21(20)2)31-19-28-26-12-6-4-9-23(26)15-17-29(28)33-30(32)27-13-7-10-22-8-3-5-11-25(22)27/h3-19H,1-2H3. The van der Waals surface area contributed by atoms with Gasteiger partial charge < -0.3 is 4.74 Å². The smallest absolute Gasteiger partial charge is 0.344 e. The van der Waals surface area contributed by atoms with Gasteiger partial charge in [-0.25, -0.2) is 4.79 Å². The number of hydrogen-bond donors (Lipinski definition) is 0. The second-order valence-corrected chi connectivity index (χ2v) is 8.14. The van der Waals surface area contributed by atoms with Crippen molar-refractivity contribution >= 4 is 39.4 Å². The van der Waals surface area contributed by atoms with Gasteiger partial charge in [0.25, 0.3) is 0 Å². The van der Waals surface area contributed by atoms with E-state index in [1.807, 2.05) is 78.9 Å². The first kappa shape index (κ1) is 20.7. The average Bonchev–Trinajstić information content (AvgIpc) is 2.85. The molecule has 0 aliphatic rings. The predicted molar refractivity (Wildman–Crippen MR) is 136 cm³/mol. The number of aliphatic imine (C=N–C) groups is 1. The van der Waals surface area contributed by atoms with Gasteiger partial charge in [0.2, 0.25) is 0 Å². The average molecular weight is 430 g/mol. The van der Waals surface area contributed by atoms with Gasteiger partial charge in [-0.1, -0.05) is 72.8 Å². The zero-order valence-corrected chi connectivity index (χ0v) is 18.6. The van der Waals surface area contributed by atoms with Crippen molar-refractivity contribution in [2.45, 2.75) is 13.8 Å². The fraction of sp³-hybridized carbons (Fsp3) is 0.0667. The van der Waals surface area contributed by atoms with Crippen molar-refractivity contribution in [1.29, 1.82) is 0 Å². The van der Waals surface area contributed by atoms with Crippen LogP contribution in [0.5, 0.6) is 5.75 Å². The lowest BCUT2D eigenvalue weighted by molar-refractivity contribution is 0.0737. The number of fused-ring (bicyclic) bond motifs is 2. The number of esters is 1. The summed E-state index contributed by atoms with van der Waals surface area (Å²) in [6.45, 7) is 4.15. The maximum absolute atomic E-state index is 13.2. The molecule has 160 valence electrons. The summed E-state index contributed by atoms with van der Waals surface area (Å²) >= 11 is 0. The lowest BCUT2D eigenvalue weighted by Gasteiger charge is -2.12. The van der Waals surface area contributed by atoms with Crippen molar-refractivity contribution < 1.29 is 9.53 Å². The molecule has 0 radical (unpaired) electrons. The first-order valence-electron chi connectivity index (χ1n) is 10.9. The third-order valence-corrected chi connectivity index (χ3v) is 5.98. The molecule has 0 aliphatic carbocycles. The number of hydrogen-bond acceptors (Lipinski definition) is 3. The van der Waals surface area contributed by atoms with Crippen LogP contribution in [0.3, 0.4) is 0 Å². The second kappa shape index (κ2) is 8.71. The highest BCUT2D eigenvalue weighted by atomic mass is 16.5. The van der Waals surface area contributed by atoms with Crippen LogP contribution in [0.25, 0.3) is 21.5 Å². The van der Waals surface area contributed by atoms with E-state index in [2.05, 4.69) is 26.0 Å². The van der Waals surface area contributed by atoms with Crippen molar-refractivity contribution in [3.8, 4) is 5.75 Å². The maximum Gasteiger partial charge on any atom is 0.344 e. The van der Waals surface area contributed by atoms with Gasteiger partial charge in [-0.05, 0) is 70.8 Å². The number of ether oxygens (including phenoxy) is 1. The molecule has 0 unspecified atom stereocenters. The molecule has 0 saturated heterocycles. The Kier molecular flexibility index (Phi) is 5.45. The van der Waals surface area contributed by atoms with Crippen LogP contribution < -0.4 is 4.74 Å². The summed E-state index contributed by atoms with van der Waals surface area (Å²) in [6, 6.07) is 31.4. The topological polar surface area (TPSA) is 38.7 Å². The number of carbonyl (C=O) groups is 1. The Bertz CT molecular complexity index is 1530. The third kappa shape index (κ3) is 4.13. The van der Waals surface area contributed by atoms with E-state index in [0.29, 0.717) is 11.3 Å². The van der Waals surface area contributed by atoms with E-state index in [4.69, 9.17) is 9.73 Å². The molecule has 0 aliphatic heterocycles. The molecule has 5 aromatic carbocycles. The van der Waals surface area contributed by atoms with Gasteiger partial charge >= 0.3 is 5.97 Å². The third-order valence-electron chi connectivity index (χ3n) is 5.98. The Balaban J connectivity index is 1.57. The molecule has 0 bridgehead atoms. The summed E-state index contributed by atoms with van der Waals surface area (Å²) < 4.78 is 5.95. The molecular weight excluding hydrogens is 406 g/mol. The Morgan fingerprint density at radius 3 is 2.21 bits per heavy atom. The molecule has 0 atom stereocenters. The molecule has 5 aromatic rings.